The molecule has 4 atom stereocenters. The second kappa shape index (κ2) is 14.1. The van der Waals surface area contributed by atoms with E-state index in [1.165, 1.54) is 31.4 Å². The Kier molecular flexibility index (Phi) is 10.2. The van der Waals surface area contributed by atoms with Crippen LogP contribution in [0.5, 0.6) is 5.75 Å². The number of rotatable bonds is 11. The highest BCUT2D eigenvalue weighted by molar-refractivity contribution is 6.58. The van der Waals surface area contributed by atoms with E-state index < -0.39 is 49.4 Å². The van der Waals surface area contributed by atoms with Crippen LogP contribution in [0.3, 0.4) is 0 Å². The van der Waals surface area contributed by atoms with E-state index in [2.05, 4.69) is 0 Å². The van der Waals surface area contributed by atoms with Crippen molar-refractivity contribution in [3.05, 3.63) is 100 Å². The summed E-state index contributed by atoms with van der Waals surface area (Å²) < 4.78 is 5.45. The van der Waals surface area contributed by atoms with Crippen molar-refractivity contribution in [1.29, 1.82) is 0 Å². The molecule has 11 heteroatoms. The normalized spacial score (nSPS) is 20.9. The Morgan fingerprint density at radius 3 is 2.49 bits per heavy atom. The Balaban J connectivity index is 1.45. The first-order valence-electron chi connectivity index (χ1n) is 14.7. The lowest BCUT2D eigenvalue weighted by atomic mass is 9.68. The van der Waals surface area contributed by atoms with Gasteiger partial charge >= 0.3 is 7.12 Å². The van der Waals surface area contributed by atoms with Gasteiger partial charge in [0.15, 0.2) is 0 Å². The zero-order valence-electron chi connectivity index (χ0n) is 24.7. The van der Waals surface area contributed by atoms with Gasteiger partial charge in [0.05, 0.1) is 41.9 Å². The second-order valence-electron chi connectivity index (χ2n) is 11.4. The Labute approximate surface area is 266 Å². The predicted molar refractivity (Wildman–Crippen MR) is 173 cm³/mol. The number of allylic oxidation sites excluding steroid dienone is 1. The number of aromatic hydroxyl groups is 1. The van der Waals surface area contributed by atoms with Crippen molar-refractivity contribution in [3.8, 4) is 5.75 Å². The van der Waals surface area contributed by atoms with Gasteiger partial charge in [-0.2, -0.15) is 0 Å². The summed E-state index contributed by atoms with van der Waals surface area (Å²) in [5.74, 6) is -3.41. The molecule has 5 rings (SSSR count). The highest BCUT2D eigenvalue weighted by Crippen LogP contribution is 2.47. The summed E-state index contributed by atoms with van der Waals surface area (Å²) >= 11 is 6.40. The zero-order valence-corrected chi connectivity index (χ0v) is 25.5. The van der Waals surface area contributed by atoms with Gasteiger partial charge < -0.3 is 30.1 Å². The third-order valence-electron chi connectivity index (χ3n) is 8.63. The number of halogens is 1. The number of benzene rings is 3. The number of hydrogen-bond acceptors (Lipinski definition) is 8. The lowest BCUT2D eigenvalue weighted by molar-refractivity contribution is -0.123. The number of imide groups is 1. The van der Waals surface area contributed by atoms with Crippen LogP contribution in [-0.2, 0) is 14.3 Å². The van der Waals surface area contributed by atoms with Crippen LogP contribution < -0.4 is 10.4 Å². The fraction of sp³-hybridized carbons (Fsp3) is 0.294. The van der Waals surface area contributed by atoms with Crippen LogP contribution in [0.2, 0.25) is 5.02 Å². The van der Waals surface area contributed by atoms with Crippen molar-refractivity contribution in [2.45, 2.75) is 25.4 Å². The van der Waals surface area contributed by atoms with Crippen molar-refractivity contribution in [1.82, 2.24) is 0 Å². The van der Waals surface area contributed by atoms with Gasteiger partial charge in [0, 0.05) is 13.0 Å². The molecule has 0 saturated carbocycles. The number of phenols is 1. The maximum Gasteiger partial charge on any atom is 0.488 e. The first-order chi connectivity index (χ1) is 21.6. The number of phenolic OH excluding ortho intramolecular Hbond substituents is 1. The van der Waals surface area contributed by atoms with Gasteiger partial charge in [-0.15, -0.1) is 0 Å². The molecule has 3 aromatic rings. The van der Waals surface area contributed by atoms with Crippen molar-refractivity contribution >= 4 is 53.3 Å². The first kappa shape index (κ1) is 32.6. The topological polar surface area (TPSA) is 148 Å². The molecule has 2 aliphatic rings. The smallest absolute Gasteiger partial charge is 0.488 e. The number of ether oxygens (including phenoxy) is 1. The number of carbonyl (C=O) groups excluding carboxylic acids is 2. The molecule has 1 heterocycles. The van der Waals surface area contributed by atoms with Crippen molar-refractivity contribution in [2.75, 3.05) is 25.2 Å². The van der Waals surface area contributed by atoms with Gasteiger partial charge in [0.1, 0.15) is 5.75 Å². The van der Waals surface area contributed by atoms with Gasteiger partial charge in [-0.1, -0.05) is 54.1 Å². The van der Waals surface area contributed by atoms with Crippen LogP contribution in [0.1, 0.15) is 30.4 Å². The Hall–Kier alpha value is -3.77. The number of aliphatic hydroxyl groups excluding tert-OH is 2. The van der Waals surface area contributed by atoms with Crippen LogP contribution in [0.4, 0.5) is 5.69 Å². The molecule has 5 N–H and O–H groups in total. The minimum Gasteiger partial charge on any atom is -0.508 e. The molecule has 1 fully saturated rings. The quantitative estimate of drug-likeness (QED) is 0.0939. The van der Waals surface area contributed by atoms with E-state index >= 15 is 0 Å². The molecular weight excluding hydrogens is 597 g/mol. The highest BCUT2D eigenvalue weighted by atomic mass is 35.5. The number of hydrogen-bond donors (Lipinski definition) is 5. The van der Waals surface area contributed by atoms with Crippen LogP contribution in [0.25, 0.3) is 11.6 Å². The number of nitrogens with zero attached hydrogens (tertiary/aromatic N) is 1. The summed E-state index contributed by atoms with van der Waals surface area (Å²) in [6.45, 7) is -0.349. The third-order valence-corrected chi connectivity index (χ3v) is 8.96. The summed E-state index contributed by atoms with van der Waals surface area (Å²) in [4.78, 5) is 28.5. The minimum absolute atomic E-state index is 0.0503. The van der Waals surface area contributed by atoms with Crippen LogP contribution in [0, 0.1) is 17.8 Å². The molecule has 0 bridgehead atoms. The zero-order chi connectivity index (χ0) is 32.2. The monoisotopic (exact) mass is 631 g/mol. The fourth-order valence-electron chi connectivity index (χ4n) is 6.57. The predicted octanol–water partition coefficient (Wildman–Crippen LogP) is 3.17. The third kappa shape index (κ3) is 6.77. The van der Waals surface area contributed by atoms with Crippen molar-refractivity contribution < 1.29 is 39.7 Å². The molecule has 1 aliphatic heterocycles. The van der Waals surface area contributed by atoms with Crippen molar-refractivity contribution in [2.24, 2.45) is 17.8 Å². The second-order valence-corrected chi connectivity index (χ2v) is 11.8. The van der Waals surface area contributed by atoms with E-state index in [9.17, 15) is 35.0 Å². The van der Waals surface area contributed by atoms with Gasteiger partial charge in [0.2, 0.25) is 11.8 Å². The average Bonchev–Trinajstić information content (AvgIpc) is 3.28. The van der Waals surface area contributed by atoms with Gasteiger partial charge in [-0.3, -0.25) is 14.5 Å². The van der Waals surface area contributed by atoms with Crippen molar-refractivity contribution in [3.63, 3.8) is 0 Å². The molecule has 234 valence electrons. The Morgan fingerprint density at radius 2 is 1.82 bits per heavy atom. The molecular formula is C34H35BClNO8. The van der Waals surface area contributed by atoms with E-state index in [-0.39, 0.29) is 36.3 Å². The number of carbonyl (C=O) groups is 2. The van der Waals surface area contributed by atoms with Crippen LogP contribution in [-0.4, -0.2) is 70.7 Å². The summed E-state index contributed by atoms with van der Waals surface area (Å²) in [6, 6.07) is 20.3. The maximum absolute atomic E-state index is 13.8. The Bertz CT molecular complexity index is 1630. The minimum atomic E-state index is -1.78. The van der Waals surface area contributed by atoms with E-state index in [0.29, 0.717) is 28.2 Å². The largest absolute Gasteiger partial charge is 0.508 e. The average molecular weight is 632 g/mol. The van der Waals surface area contributed by atoms with E-state index in [4.69, 9.17) is 16.3 Å². The molecule has 0 radical (unpaired) electrons. The maximum atomic E-state index is 13.8. The van der Waals surface area contributed by atoms with E-state index in [1.54, 1.807) is 18.2 Å². The van der Waals surface area contributed by atoms with Gasteiger partial charge in [-0.25, -0.2) is 0 Å². The fourth-order valence-corrected chi connectivity index (χ4v) is 6.80. The highest BCUT2D eigenvalue weighted by Gasteiger charge is 2.55. The molecule has 45 heavy (non-hydrogen) atoms. The molecule has 9 nitrogen and oxygen atoms in total. The molecule has 0 unspecified atom stereocenters. The van der Waals surface area contributed by atoms with Crippen LogP contribution >= 0.6 is 11.6 Å². The summed E-state index contributed by atoms with van der Waals surface area (Å²) in [5.41, 5.74) is 4.01. The number of fused-ring (bicyclic) bond motifs is 1. The summed E-state index contributed by atoms with van der Waals surface area (Å²) in [7, 11) is -0.268. The molecule has 0 aromatic heterocycles. The lowest BCUT2D eigenvalue weighted by Gasteiger charge is -2.36. The molecule has 3 aromatic carbocycles. The molecule has 1 aliphatic carbocycles. The number of amides is 2. The van der Waals surface area contributed by atoms with Crippen LogP contribution in [0.15, 0.2) is 83.9 Å². The van der Waals surface area contributed by atoms with Gasteiger partial charge in [-0.05, 0) is 89.0 Å². The lowest BCUT2D eigenvalue weighted by Crippen LogP contribution is -2.39. The SMILES string of the molecule is COCC1=C([C@H](O)CC/C(=C/c2ccc(O)cc2Cl)c2ccccc2)[C@H](CO)[C@@H]2C(=O)N(c3cccc(B(O)O)c3)C(=O)[C@@H]2C1. The first-order valence-corrected chi connectivity index (χ1v) is 15.1. The van der Waals surface area contributed by atoms with E-state index in [0.717, 1.165) is 16.0 Å². The number of aliphatic hydroxyl groups is 2. The van der Waals surface area contributed by atoms with E-state index in [1.807, 2.05) is 36.4 Å². The van der Waals surface area contributed by atoms with Gasteiger partial charge in [0.25, 0.3) is 0 Å². The molecule has 2 amide bonds. The summed E-state index contributed by atoms with van der Waals surface area (Å²) in [5, 5.41) is 51.8. The summed E-state index contributed by atoms with van der Waals surface area (Å²) in [6.07, 6.45) is 1.68. The number of anilines is 1. The molecule has 1 saturated heterocycles. The Morgan fingerprint density at radius 1 is 1.07 bits per heavy atom. The standard InChI is InChI=1S/C34H35BClNO8/c1-45-19-23-15-27-32(34(42)37(33(27)41)25-9-5-8-24(16-25)35(43)44)28(18-38)31(23)30(40)13-11-21(20-6-3-2-4-7-20)14-22-10-12-26(39)17-29(22)36/h2-10,12,14,16-17,27-28,30,32,38-40,43-44H,11,13,15,18-19H2,1H3/b21-14-/t27-,28+,30-,32-/m1/s1. The number of methoxy groups -OCH3 is 1. The molecule has 0 spiro atoms.